The summed E-state index contributed by atoms with van der Waals surface area (Å²) >= 11 is 3.40. The molecule has 3 rings (SSSR count). The molecule has 0 radical (unpaired) electrons. The molecule has 98 valence electrons. The van der Waals surface area contributed by atoms with Gasteiger partial charge in [-0.25, -0.2) is 0 Å². The van der Waals surface area contributed by atoms with Crippen LogP contribution in [-0.2, 0) is 0 Å². The second-order valence-electron chi connectivity index (χ2n) is 4.21. The average Bonchev–Trinajstić information content (AvgIpc) is 2.96. The molecule has 20 heavy (non-hydrogen) atoms. The van der Waals surface area contributed by atoms with Gasteiger partial charge in [0, 0.05) is 16.1 Å². The second kappa shape index (κ2) is 5.84. The molecule has 0 N–H and O–H groups in total. The fourth-order valence-corrected chi connectivity index (χ4v) is 2.02. The summed E-state index contributed by atoms with van der Waals surface area (Å²) in [4.78, 5) is 4.35. The van der Waals surface area contributed by atoms with E-state index in [1.807, 2.05) is 66.7 Å². The Bertz CT molecular complexity index is 718. The normalized spacial score (nSPS) is 11.1. The first-order valence-electron chi connectivity index (χ1n) is 6.14. The van der Waals surface area contributed by atoms with Gasteiger partial charge in [0.2, 0.25) is 5.82 Å². The molecule has 2 aromatic carbocycles. The maximum Gasteiger partial charge on any atom is 0.250 e. The molecule has 0 saturated heterocycles. The van der Waals surface area contributed by atoms with Crippen LogP contribution < -0.4 is 0 Å². The highest BCUT2D eigenvalue weighted by Gasteiger charge is 2.05. The molecule has 0 saturated carbocycles. The average molecular weight is 327 g/mol. The van der Waals surface area contributed by atoms with E-state index in [0.29, 0.717) is 11.7 Å². The van der Waals surface area contributed by atoms with Crippen LogP contribution in [0.15, 0.2) is 63.6 Å². The molecule has 1 heterocycles. The summed E-state index contributed by atoms with van der Waals surface area (Å²) in [6.45, 7) is 0. The van der Waals surface area contributed by atoms with E-state index in [-0.39, 0.29) is 0 Å². The van der Waals surface area contributed by atoms with Gasteiger partial charge in [0.25, 0.3) is 5.89 Å². The van der Waals surface area contributed by atoms with Crippen molar-refractivity contribution in [3.05, 3.63) is 70.5 Å². The predicted octanol–water partition coefficient (Wildman–Crippen LogP) is 4.67. The van der Waals surface area contributed by atoms with E-state index < -0.39 is 0 Å². The van der Waals surface area contributed by atoms with Crippen molar-refractivity contribution >= 4 is 28.1 Å². The zero-order chi connectivity index (χ0) is 13.8. The van der Waals surface area contributed by atoms with Crippen LogP contribution in [0.3, 0.4) is 0 Å². The van der Waals surface area contributed by atoms with Gasteiger partial charge in [-0.1, -0.05) is 51.4 Å². The summed E-state index contributed by atoms with van der Waals surface area (Å²) in [5, 5.41) is 3.98. The molecule has 0 aliphatic carbocycles. The van der Waals surface area contributed by atoms with Crippen LogP contribution in [-0.4, -0.2) is 10.1 Å². The quantitative estimate of drug-likeness (QED) is 0.702. The lowest BCUT2D eigenvalue weighted by atomic mass is 10.2. The summed E-state index contributed by atoms with van der Waals surface area (Å²) in [7, 11) is 0. The molecule has 0 aliphatic rings. The first kappa shape index (κ1) is 12.8. The molecule has 0 fully saturated rings. The van der Waals surface area contributed by atoms with E-state index in [1.165, 1.54) is 0 Å². The number of benzene rings is 2. The molecule has 0 spiro atoms. The van der Waals surface area contributed by atoms with Gasteiger partial charge in [0.15, 0.2) is 0 Å². The number of hydrogen-bond donors (Lipinski definition) is 0. The van der Waals surface area contributed by atoms with Crippen LogP contribution in [0.5, 0.6) is 0 Å². The number of hydrogen-bond acceptors (Lipinski definition) is 3. The highest BCUT2D eigenvalue weighted by molar-refractivity contribution is 9.10. The molecule has 3 nitrogen and oxygen atoms in total. The minimum absolute atomic E-state index is 0.492. The standard InChI is InChI=1S/C16H11BrN2O/c17-14-9-7-13(8-10-14)16-18-15(20-19-16)11-6-12-4-2-1-3-5-12/h1-11H. The summed E-state index contributed by atoms with van der Waals surface area (Å²) in [5.74, 6) is 1.08. The van der Waals surface area contributed by atoms with Crippen LogP contribution in [0.25, 0.3) is 23.5 Å². The van der Waals surface area contributed by atoms with E-state index in [9.17, 15) is 0 Å². The fraction of sp³-hybridized carbons (Fsp3) is 0. The van der Waals surface area contributed by atoms with Crippen molar-refractivity contribution in [3.8, 4) is 11.4 Å². The van der Waals surface area contributed by atoms with E-state index in [2.05, 4.69) is 26.1 Å². The molecular weight excluding hydrogens is 316 g/mol. The Balaban J connectivity index is 1.80. The van der Waals surface area contributed by atoms with E-state index in [0.717, 1.165) is 15.6 Å². The Labute approximate surface area is 125 Å². The number of halogens is 1. The topological polar surface area (TPSA) is 38.9 Å². The summed E-state index contributed by atoms with van der Waals surface area (Å²) in [5.41, 5.74) is 2.02. The molecule has 0 bridgehead atoms. The Hall–Kier alpha value is -2.20. The van der Waals surface area contributed by atoms with Gasteiger partial charge >= 0.3 is 0 Å². The van der Waals surface area contributed by atoms with Crippen molar-refractivity contribution in [1.29, 1.82) is 0 Å². The SMILES string of the molecule is Brc1ccc(-c2noc(C=Cc3ccccc3)n2)cc1. The Morgan fingerprint density at radius 1 is 0.900 bits per heavy atom. The first-order chi connectivity index (χ1) is 9.81. The van der Waals surface area contributed by atoms with Crippen LogP contribution in [0, 0.1) is 0 Å². The third-order valence-corrected chi connectivity index (χ3v) is 3.29. The van der Waals surface area contributed by atoms with Crippen LogP contribution in [0.4, 0.5) is 0 Å². The van der Waals surface area contributed by atoms with Crippen molar-refractivity contribution in [1.82, 2.24) is 10.1 Å². The van der Waals surface area contributed by atoms with Crippen molar-refractivity contribution in [3.63, 3.8) is 0 Å². The highest BCUT2D eigenvalue weighted by Crippen LogP contribution is 2.19. The van der Waals surface area contributed by atoms with Crippen LogP contribution in [0.2, 0.25) is 0 Å². The van der Waals surface area contributed by atoms with Crippen LogP contribution in [0.1, 0.15) is 11.5 Å². The maximum atomic E-state index is 5.21. The van der Waals surface area contributed by atoms with Gasteiger partial charge < -0.3 is 4.52 Å². The molecule has 1 aromatic heterocycles. The van der Waals surface area contributed by atoms with Crippen molar-refractivity contribution in [2.45, 2.75) is 0 Å². The van der Waals surface area contributed by atoms with Crippen molar-refractivity contribution < 1.29 is 4.52 Å². The molecule has 0 aliphatic heterocycles. The Morgan fingerprint density at radius 2 is 1.65 bits per heavy atom. The number of nitrogens with zero attached hydrogens (tertiary/aromatic N) is 2. The largest absolute Gasteiger partial charge is 0.334 e. The second-order valence-corrected chi connectivity index (χ2v) is 5.12. The lowest BCUT2D eigenvalue weighted by Crippen LogP contribution is -1.79. The van der Waals surface area contributed by atoms with E-state index in [4.69, 9.17) is 4.52 Å². The Morgan fingerprint density at radius 3 is 2.40 bits per heavy atom. The molecule has 3 aromatic rings. The lowest BCUT2D eigenvalue weighted by Gasteiger charge is -1.93. The summed E-state index contributed by atoms with van der Waals surface area (Å²) in [6, 6.07) is 17.8. The van der Waals surface area contributed by atoms with E-state index >= 15 is 0 Å². The Kier molecular flexibility index (Phi) is 3.74. The molecule has 0 unspecified atom stereocenters. The number of rotatable bonds is 3. The zero-order valence-corrected chi connectivity index (χ0v) is 12.1. The van der Waals surface area contributed by atoms with Gasteiger partial charge in [-0.2, -0.15) is 4.98 Å². The van der Waals surface area contributed by atoms with Gasteiger partial charge in [-0.05, 0) is 35.9 Å². The number of aromatic nitrogens is 2. The molecule has 0 atom stereocenters. The van der Waals surface area contributed by atoms with Crippen molar-refractivity contribution in [2.75, 3.05) is 0 Å². The van der Waals surface area contributed by atoms with Crippen LogP contribution >= 0.6 is 15.9 Å². The zero-order valence-electron chi connectivity index (χ0n) is 10.5. The summed E-state index contributed by atoms with van der Waals surface area (Å²) in [6.07, 6.45) is 3.75. The lowest BCUT2D eigenvalue weighted by molar-refractivity contribution is 0.411. The van der Waals surface area contributed by atoms with Gasteiger partial charge in [-0.3, -0.25) is 0 Å². The smallest absolute Gasteiger partial charge is 0.250 e. The minimum Gasteiger partial charge on any atom is -0.334 e. The van der Waals surface area contributed by atoms with Crippen molar-refractivity contribution in [2.24, 2.45) is 0 Å². The minimum atomic E-state index is 0.492. The maximum absolute atomic E-state index is 5.21. The molecular formula is C16H11BrN2O. The predicted molar refractivity (Wildman–Crippen MR) is 82.8 cm³/mol. The van der Waals surface area contributed by atoms with Gasteiger partial charge in [-0.15, -0.1) is 0 Å². The first-order valence-corrected chi connectivity index (χ1v) is 6.93. The van der Waals surface area contributed by atoms with Gasteiger partial charge in [0.05, 0.1) is 0 Å². The molecule has 0 amide bonds. The van der Waals surface area contributed by atoms with E-state index in [1.54, 1.807) is 0 Å². The molecule has 4 heteroatoms. The third kappa shape index (κ3) is 3.03. The van der Waals surface area contributed by atoms with Gasteiger partial charge in [0.1, 0.15) is 0 Å². The summed E-state index contributed by atoms with van der Waals surface area (Å²) < 4.78 is 6.23. The third-order valence-electron chi connectivity index (χ3n) is 2.76. The fourth-order valence-electron chi connectivity index (χ4n) is 1.75. The monoisotopic (exact) mass is 326 g/mol. The highest BCUT2D eigenvalue weighted by atomic mass is 79.9.